The van der Waals surface area contributed by atoms with Gasteiger partial charge < -0.3 is 5.32 Å². The van der Waals surface area contributed by atoms with Gasteiger partial charge in [-0.1, -0.05) is 39.0 Å². The number of rotatable bonds is 8. The Labute approximate surface area is 118 Å². The van der Waals surface area contributed by atoms with E-state index in [4.69, 9.17) is 0 Å². The molecule has 18 heavy (non-hydrogen) atoms. The lowest BCUT2D eigenvalue weighted by Gasteiger charge is -2.05. The van der Waals surface area contributed by atoms with Crippen LogP contribution in [0, 0.1) is 0 Å². The van der Waals surface area contributed by atoms with Crippen molar-refractivity contribution in [1.29, 1.82) is 0 Å². The molecule has 0 aromatic carbocycles. The van der Waals surface area contributed by atoms with Gasteiger partial charge in [0.25, 0.3) is 5.91 Å². The molecule has 1 aromatic heterocycles. The highest BCUT2D eigenvalue weighted by molar-refractivity contribution is 9.10. The SMILES string of the molecule is CCCCCCCCNC(=O)c1cncc(Br)c1. The van der Waals surface area contributed by atoms with E-state index in [1.54, 1.807) is 18.5 Å². The van der Waals surface area contributed by atoms with Crippen molar-refractivity contribution >= 4 is 21.8 Å². The van der Waals surface area contributed by atoms with Crippen molar-refractivity contribution in [2.45, 2.75) is 45.4 Å². The number of nitrogens with one attached hydrogen (secondary N) is 1. The molecule has 1 N–H and O–H groups in total. The van der Waals surface area contributed by atoms with E-state index < -0.39 is 0 Å². The number of carbonyl (C=O) groups excluding carboxylic acids is 1. The molecule has 0 radical (unpaired) electrons. The Morgan fingerprint density at radius 2 is 1.94 bits per heavy atom. The van der Waals surface area contributed by atoms with Gasteiger partial charge in [-0.25, -0.2) is 0 Å². The van der Waals surface area contributed by atoms with Gasteiger partial charge in [0.1, 0.15) is 0 Å². The normalized spacial score (nSPS) is 10.3. The molecule has 0 unspecified atom stereocenters. The first kappa shape index (κ1) is 15.2. The van der Waals surface area contributed by atoms with E-state index in [1.807, 2.05) is 0 Å². The highest BCUT2D eigenvalue weighted by Gasteiger charge is 2.05. The van der Waals surface area contributed by atoms with E-state index >= 15 is 0 Å². The number of unbranched alkanes of at least 4 members (excludes halogenated alkanes) is 5. The van der Waals surface area contributed by atoms with Gasteiger partial charge in [0.2, 0.25) is 0 Å². The molecule has 1 heterocycles. The number of hydrogen-bond donors (Lipinski definition) is 1. The maximum Gasteiger partial charge on any atom is 0.252 e. The monoisotopic (exact) mass is 312 g/mol. The standard InChI is InChI=1S/C14H21BrN2O/c1-2-3-4-5-6-7-8-17-14(18)12-9-13(15)11-16-10-12/h9-11H,2-8H2,1H3,(H,17,18). The van der Waals surface area contributed by atoms with Crippen molar-refractivity contribution in [2.75, 3.05) is 6.54 Å². The molecule has 0 aliphatic heterocycles. The molecular weight excluding hydrogens is 292 g/mol. The maximum atomic E-state index is 11.8. The largest absolute Gasteiger partial charge is 0.352 e. The van der Waals surface area contributed by atoms with Crippen LogP contribution in [0.25, 0.3) is 0 Å². The van der Waals surface area contributed by atoms with Crippen LogP contribution >= 0.6 is 15.9 Å². The van der Waals surface area contributed by atoms with Gasteiger partial charge in [-0.15, -0.1) is 0 Å². The summed E-state index contributed by atoms with van der Waals surface area (Å²) in [5.41, 5.74) is 0.607. The fraction of sp³-hybridized carbons (Fsp3) is 0.571. The molecule has 0 aliphatic rings. The first-order valence-electron chi connectivity index (χ1n) is 6.62. The topological polar surface area (TPSA) is 42.0 Å². The van der Waals surface area contributed by atoms with Crippen molar-refractivity contribution in [3.05, 3.63) is 28.5 Å². The van der Waals surface area contributed by atoms with Gasteiger partial charge in [0.05, 0.1) is 5.56 Å². The van der Waals surface area contributed by atoms with Crippen LogP contribution in [-0.4, -0.2) is 17.4 Å². The van der Waals surface area contributed by atoms with Crippen LogP contribution in [0.2, 0.25) is 0 Å². The summed E-state index contributed by atoms with van der Waals surface area (Å²) < 4.78 is 0.828. The summed E-state index contributed by atoms with van der Waals surface area (Å²) in [4.78, 5) is 15.7. The quantitative estimate of drug-likeness (QED) is 0.739. The molecule has 4 heteroatoms. The average Bonchev–Trinajstić information content (AvgIpc) is 2.37. The van der Waals surface area contributed by atoms with Crippen LogP contribution in [0.3, 0.4) is 0 Å². The van der Waals surface area contributed by atoms with Gasteiger partial charge in [0.15, 0.2) is 0 Å². The van der Waals surface area contributed by atoms with Crippen LogP contribution in [0.5, 0.6) is 0 Å². The van der Waals surface area contributed by atoms with E-state index in [2.05, 4.69) is 33.2 Å². The summed E-state index contributed by atoms with van der Waals surface area (Å²) in [6, 6.07) is 1.78. The zero-order valence-corrected chi connectivity index (χ0v) is 12.5. The molecule has 1 aromatic rings. The zero-order chi connectivity index (χ0) is 13.2. The highest BCUT2D eigenvalue weighted by Crippen LogP contribution is 2.09. The predicted molar refractivity (Wildman–Crippen MR) is 77.6 cm³/mol. The van der Waals surface area contributed by atoms with Crippen LogP contribution in [0.15, 0.2) is 22.9 Å². The van der Waals surface area contributed by atoms with Crippen molar-refractivity contribution in [3.8, 4) is 0 Å². The number of hydrogen-bond acceptors (Lipinski definition) is 2. The Morgan fingerprint density at radius 1 is 1.22 bits per heavy atom. The van der Waals surface area contributed by atoms with Crippen molar-refractivity contribution in [1.82, 2.24) is 10.3 Å². The summed E-state index contributed by atoms with van der Waals surface area (Å²) in [5, 5.41) is 2.92. The summed E-state index contributed by atoms with van der Waals surface area (Å²) in [5.74, 6) is -0.0441. The van der Waals surface area contributed by atoms with Crippen molar-refractivity contribution in [2.24, 2.45) is 0 Å². The van der Waals surface area contributed by atoms with Gasteiger partial charge in [-0.2, -0.15) is 0 Å². The number of nitrogens with zero attached hydrogens (tertiary/aromatic N) is 1. The predicted octanol–water partition coefficient (Wildman–Crippen LogP) is 3.93. The molecule has 0 bridgehead atoms. The fourth-order valence-corrected chi connectivity index (χ4v) is 2.11. The highest BCUT2D eigenvalue weighted by atomic mass is 79.9. The molecule has 0 aliphatic carbocycles. The van der Waals surface area contributed by atoms with Crippen LogP contribution in [0.4, 0.5) is 0 Å². The molecule has 0 saturated heterocycles. The number of amides is 1. The van der Waals surface area contributed by atoms with E-state index in [1.165, 1.54) is 32.1 Å². The number of pyridine rings is 1. The summed E-state index contributed by atoms with van der Waals surface area (Å²) >= 11 is 3.31. The second-order valence-corrected chi connectivity index (χ2v) is 5.33. The minimum atomic E-state index is -0.0441. The minimum Gasteiger partial charge on any atom is -0.352 e. The smallest absolute Gasteiger partial charge is 0.252 e. The molecule has 100 valence electrons. The van der Waals surface area contributed by atoms with Crippen molar-refractivity contribution < 1.29 is 4.79 Å². The first-order chi connectivity index (χ1) is 8.74. The Morgan fingerprint density at radius 3 is 2.67 bits per heavy atom. The molecule has 0 saturated carbocycles. The third-order valence-electron chi connectivity index (χ3n) is 2.78. The molecule has 1 rings (SSSR count). The van der Waals surface area contributed by atoms with Crippen LogP contribution in [-0.2, 0) is 0 Å². The fourth-order valence-electron chi connectivity index (χ4n) is 1.75. The molecule has 1 amide bonds. The van der Waals surface area contributed by atoms with Gasteiger partial charge in [-0.3, -0.25) is 9.78 Å². The molecule has 0 spiro atoms. The molecule has 0 atom stereocenters. The van der Waals surface area contributed by atoms with E-state index in [0.29, 0.717) is 5.56 Å². The third-order valence-corrected chi connectivity index (χ3v) is 3.22. The van der Waals surface area contributed by atoms with Gasteiger partial charge in [0, 0.05) is 23.4 Å². The van der Waals surface area contributed by atoms with Crippen LogP contribution < -0.4 is 5.32 Å². The number of aromatic nitrogens is 1. The minimum absolute atomic E-state index is 0.0441. The zero-order valence-electron chi connectivity index (χ0n) is 10.9. The maximum absolute atomic E-state index is 11.8. The van der Waals surface area contributed by atoms with E-state index in [0.717, 1.165) is 17.4 Å². The summed E-state index contributed by atoms with van der Waals surface area (Å²) in [6.45, 7) is 2.96. The lowest BCUT2D eigenvalue weighted by atomic mass is 10.1. The second kappa shape index (κ2) is 9.09. The number of carbonyl (C=O) groups is 1. The third kappa shape index (κ3) is 6.15. The lowest BCUT2D eigenvalue weighted by Crippen LogP contribution is -2.24. The second-order valence-electron chi connectivity index (χ2n) is 4.42. The van der Waals surface area contributed by atoms with Gasteiger partial charge >= 0.3 is 0 Å². The molecule has 3 nitrogen and oxygen atoms in total. The summed E-state index contributed by atoms with van der Waals surface area (Å²) in [6.07, 6.45) is 10.7. The van der Waals surface area contributed by atoms with E-state index in [9.17, 15) is 4.79 Å². The Hall–Kier alpha value is -0.900. The molecule has 0 fully saturated rings. The Balaban J connectivity index is 2.14. The lowest BCUT2D eigenvalue weighted by molar-refractivity contribution is 0.0952. The van der Waals surface area contributed by atoms with E-state index in [-0.39, 0.29) is 5.91 Å². The van der Waals surface area contributed by atoms with Gasteiger partial charge in [-0.05, 0) is 28.4 Å². The average molecular weight is 313 g/mol. The van der Waals surface area contributed by atoms with Crippen molar-refractivity contribution in [3.63, 3.8) is 0 Å². The van der Waals surface area contributed by atoms with Crippen LogP contribution in [0.1, 0.15) is 55.8 Å². The first-order valence-corrected chi connectivity index (χ1v) is 7.42. The Bertz CT molecular complexity index is 369. The molecular formula is C14H21BrN2O. The summed E-state index contributed by atoms with van der Waals surface area (Å²) in [7, 11) is 0. The Kier molecular flexibility index (Phi) is 7.65. The number of halogens is 1.